The summed E-state index contributed by atoms with van der Waals surface area (Å²) in [5, 5.41) is 3.18. The zero-order valence-corrected chi connectivity index (χ0v) is 8.57. The highest BCUT2D eigenvalue weighted by atomic mass is 16.1. The lowest BCUT2D eigenvalue weighted by Gasteiger charge is -2.25. The van der Waals surface area contributed by atoms with Gasteiger partial charge in [0.2, 0.25) is 0 Å². The van der Waals surface area contributed by atoms with Gasteiger partial charge in [0.1, 0.15) is 5.82 Å². The number of aromatic nitrogens is 1. The van der Waals surface area contributed by atoms with Gasteiger partial charge in [0.15, 0.2) is 0 Å². The molecule has 2 rings (SSSR count). The Hall–Kier alpha value is -1.58. The maximum absolute atomic E-state index is 11.1. The highest BCUT2D eigenvalue weighted by molar-refractivity contribution is 5.97. The molecule has 1 aliphatic carbocycles. The molecule has 1 heterocycles. The predicted octanol–water partition coefficient (Wildman–Crippen LogP) is 1.39. The van der Waals surface area contributed by atoms with Gasteiger partial charge in [0.25, 0.3) is 5.91 Å². The first-order valence-electron chi connectivity index (χ1n) is 5.26. The van der Waals surface area contributed by atoms with E-state index in [0.717, 1.165) is 12.5 Å². The summed E-state index contributed by atoms with van der Waals surface area (Å²) in [6, 6.07) is 3.41. The molecule has 4 nitrogen and oxygen atoms in total. The minimum absolute atomic E-state index is 0.431. The van der Waals surface area contributed by atoms with Crippen molar-refractivity contribution in [3.05, 3.63) is 23.9 Å². The summed E-state index contributed by atoms with van der Waals surface area (Å²) < 4.78 is 0. The van der Waals surface area contributed by atoms with Crippen LogP contribution in [0.15, 0.2) is 18.3 Å². The van der Waals surface area contributed by atoms with Crippen molar-refractivity contribution in [2.75, 3.05) is 11.9 Å². The molecule has 1 fully saturated rings. The Balaban J connectivity index is 2.02. The molecule has 4 heteroatoms. The quantitative estimate of drug-likeness (QED) is 0.780. The second-order valence-corrected chi connectivity index (χ2v) is 3.94. The minimum atomic E-state index is -0.431. The molecule has 1 amide bonds. The van der Waals surface area contributed by atoms with Gasteiger partial charge in [0, 0.05) is 12.7 Å². The molecule has 1 aromatic heterocycles. The van der Waals surface area contributed by atoms with Crippen LogP contribution in [0, 0.1) is 5.92 Å². The number of rotatable bonds is 4. The fraction of sp³-hybridized carbons (Fsp3) is 0.455. The highest BCUT2D eigenvalue weighted by Crippen LogP contribution is 2.26. The molecule has 0 aliphatic heterocycles. The monoisotopic (exact) mass is 205 g/mol. The third-order valence-electron chi connectivity index (χ3n) is 2.86. The van der Waals surface area contributed by atoms with Gasteiger partial charge in [-0.2, -0.15) is 0 Å². The van der Waals surface area contributed by atoms with E-state index in [0.29, 0.717) is 11.4 Å². The Morgan fingerprint density at radius 1 is 1.60 bits per heavy atom. The van der Waals surface area contributed by atoms with Gasteiger partial charge in [-0.15, -0.1) is 0 Å². The van der Waals surface area contributed by atoms with Crippen molar-refractivity contribution in [3.8, 4) is 0 Å². The smallest absolute Gasteiger partial charge is 0.252 e. The SMILES string of the molecule is NC(=O)c1cccnc1NCC1CCC1. The van der Waals surface area contributed by atoms with Gasteiger partial charge in [-0.3, -0.25) is 4.79 Å². The molecule has 0 radical (unpaired) electrons. The van der Waals surface area contributed by atoms with E-state index in [1.165, 1.54) is 19.3 Å². The number of primary amides is 1. The summed E-state index contributed by atoms with van der Waals surface area (Å²) in [5.41, 5.74) is 5.72. The van der Waals surface area contributed by atoms with E-state index >= 15 is 0 Å². The summed E-state index contributed by atoms with van der Waals surface area (Å²) in [6.07, 6.45) is 5.52. The Bertz CT molecular complexity index is 361. The van der Waals surface area contributed by atoms with E-state index < -0.39 is 5.91 Å². The van der Waals surface area contributed by atoms with Crippen LogP contribution in [0.25, 0.3) is 0 Å². The van der Waals surface area contributed by atoms with Crippen LogP contribution < -0.4 is 11.1 Å². The van der Waals surface area contributed by atoms with E-state index in [1.807, 2.05) is 0 Å². The maximum atomic E-state index is 11.1. The maximum Gasteiger partial charge on any atom is 0.252 e. The van der Waals surface area contributed by atoms with E-state index in [9.17, 15) is 4.79 Å². The molecular weight excluding hydrogens is 190 g/mol. The molecule has 80 valence electrons. The number of hydrogen-bond donors (Lipinski definition) is 2. The number of carbonyl (C=O) groups excluding carboxylic acids is 1. The summed E-state index contributed by atoms with van der Waals surface area (Å²) in [7, 11) is 0. The molecule has 0 atom stereocenters. The van der Waals surface area contributed by atoms with E-state index in [4.69, 9.17) is 5.73 Å². The third kappa shape index (κ3) is 2.26. The van der Waals surface area contributed by atoms with Crippen molar-refractivity contribution in [2.24, 2.45) is 11.7 Å². The van der Waals surface area contributed by atoms with Gasteiger partial charge >= 0.3 is 0 Å². The largest absolute Gasteiger partial charge is 0.369 e. The second-order valence-electron chi connectivity index (χ2n) is 3.94. The number of pyridine rings is 1. The van der Waals surface area contributed by atoms with Crippen molar-refractivity contribution >= 4 is 11.7 Å². The van der Waals surface area contributed by atoms with Gasteiger partial charge in [-0.25, -0.2) is 4.98 Å². The minimum Gasteiger partial charge on any atom is -0.369 e. The van der Waals surface area contributed by atoms with Crippen LogP contribution in [0.2, 0.25) is 0 Å². The van der Waals surface area contributed by atoms with Gasteiger partial charge in [-0.1, -0.05) is 6.42 Å². The van der Waals surface area contributed by atoms with Gasteiger partial charge in [0.05, 0.1) is 5.56 Å². The topological polar surface area (TPSA) is 68.0 Å². The Labute approximate surface area is 88.9 Å². The van der Waals surface area contributed by atoms with Crippen LogP contribution in [0.1, 0.15) is 29.6 Å². The van der Waals surface area contributed by atoms with Crippen molar-refractivity contribution in [1.29, 1.82) is 0 Å². The van der Waals surface area contributed by atoms with Crippen molar-refractivity contribution in [2.45, 2.75) is 19.3 Å². The fourth-order valence-electron chi connectivity index (χ4n) is 1.68. The predicted molar refractivity (Wildman–Crippen MR) is 58.6 cm³/mol. The molecule has 1 aromatic rings. The lowest BCUT2D eigenvalue weighted by Crippen LogP contribution is -2.23. The molecule has 0 aromatic carbocycles. The Morgan fingerprint density at radius 2 is 2.40 bits per heavy atom. The van der Waals surface area contributed by atoms with Crippen molar-refractivity contribution in [1.82, 2.24) is 4.98 Å². The number of carbonyl (C=O) groups is 1. The number of hydrogen-bond acceptors (Lipinski definition) is 3. The first kappa shape index (κ1) is 9.96. The van der Waals surface area contributed by atoms with Crippen LogP contribution in [0.5, 0.6) is 0 Å². The standard InChI is InChI=1S/C11H15N3O/c12-10(15)9-5-2-6-13-11(9)14-7-8-3-1-4-8/h2,5-6,8H,1,3-4,7H2,(H2,12,15)(H,13,14). The molecule has 1 aliphatic rings. The summed E-state index contributed by atoms with van der Waals surface area (Å²) >= 11 is 0. The average molecular weight is 205 g/mol. The van der Waals surface area contributed by atoms with E-state index in [2.05, 4.69) is 10.3 Å². The first-order valence-corrected chi connectivity index (χ1v) is 5.26. The molecule has 0 unspecified atom stereocenters. The molecule has 1 saturated carbocycles. The number of nitrogens with one attached hydrogen (secondary N) is 1. The van der Waals surface area contributed by atoms with Crippen LogP contribution in [0.4, 0.5) is 5.82 Å². The normalized spacial score (nSPS) is 15.7. The van der Waals surface area contributed by atoms with Crippen molar-refractivity contribution < 1.29 is 4.79 Å². The highest BCUT2D eigenvalue weighted by Gasteiger charge is 2.18. The van der Waals surface area contributed by atoms with Crippen molar-refractivity contribution in [3.63, 3.8) is 0 Å². The third-order valence-corrected chi connectivity index (χ3v) is 2.86. The van der Waals surface area contributed by atoms with E-state index in [-0.39, 0.29) is 0 Å². The lowest BCUT2D eigenvalue weighted by atomic mass is 9.85. The Morgan fingerprint density at radius 3 is 3.00 bits per heavy atom. The van der Waals surface area contributed by atoms with E-state index in [1.54, 1.807) is 18.3 Å². The summed E-state index contributed by atoms with van der Waals surface area (Å²) in [4.78, 5) is 15.2. The average Bonchev–Trinajstić information content (AvgIpc) is 2.16. The van der Waals surface area contributed by atoms with Gasteiger partial charge < -0.3 is 11.1 Å². The van der Waals surface area contributed by atoms with Crippen LogP contribution in [0.3, 0.4) is 0 Å². The molecule has 0 spiro atoms. The fourth-order valence-corrected chi connectivity index (χ4v) is 1.68. The molecule has 3 N–H and O–H groups in total. The van der Waals surface area contributed by atoms with Crippen LogP contribution in [-0.2, 0) is 0 Å². The molecule has 15 heavy (non-hydrogen) atoms. The van der Waals surface area contributed by atoms with Crippen LogP contribution in [-0.4, -0.2) is 17.4 Å². The number of anilines is 1. The number of nitrogens with two attached hydrogens (primary N) is 1. The lowest BCUT2D eigenvalue weighted by molar-refractivity contribution is 0.100. The summed E-state index contributed by atoms with van der Waals surface area (Å²) in [6.45, 7) is 0.886. The molecule has 0 saturated heterocycles. The Kier molecular flexibility index (Phi) is 2.85. The first-order chi connectivity index (χ1) is 7.27. The zero-order chi connectivity index (χ0) is 10.7. The van der Waals surface area contributed by atoms with Gasteiger partial charge in [-0.05, 0) is 30.9 Å². The van der Waals surface area contributed by atoms with Crippen LogP contribution >= 0.6 is 0 Å². The number of nitrogens with zero attached hydrogens (tertiary/aromatic N) is 1. The second kappa shape index (κ2) is 4.29. The number of amides is 1. The zero-order valence-electron chi connectivity index (χ0n) is 8.57. The molecule has 0 bridgehead atoms. The summed E-state index contributed by atoms with van der Waals surface area (Å²) in [5.74, 6) is 0.906. The molecular formula is C11H15N3O.